The van der Waals surface area contributed by atoms with Crippen molar-refractivity contribution in [2.45, 2.75) is 43.6 Å². The lowest BCUT2D eigenvalue weighted by Crippen LogP contribution is -2.47. The Morgan fingerprint density at radius 1 is 1.10 bits per heavy atom. The molecule has 4 nitrogen and oxygen atoms in total. The molecular formula is C25H30N2O2. The van der Waals surface area contributed by atoms with E-state index in [1.54, 1.807) is 0 Å². The number of aryl methyl sites for hydroxylation is 1. The van der Waals surface area contributed by atoms with Crippen molar-refractivity contribution < 1.29 is 9.90 Å². The summed E-state index contributed by atoms with van der Waals surface area (Å²) in [7, 11) is 0. The van der Waals surface area contributed by atoms with Crippen LogP contribution in [-0.2, 0) is 18.3 Å². The number of nitrogens with zero attached hydrogens (tertiary/aromatic N) is 1. The zero-order chi connectivity index (χ0) is 20.2. The number of likely N-dealkylation sites (tertiary alicyclic amines) is 1. The fourth-order valence-corrected chi connectivity index (χ4v) is 6.38. The Hall–Kier alpha value is -2.17. The normalized spacial score (nSPS) is 33.2. The second-order valence-electron chi connectivity index (χ2n) is 9.41. The van der Waals surface area contributed by atoms with E-state index in [2.05, 4.69) is 48.2 Å². The number of carbonyl (C=O) groups is 1. The van der Waals surface area contributed by atoms with Crippen molar-refractivity contribution in [2.24, 2.45) is 17.6 Å². The van der Waals surface area contributed by atoms with E-state index < -0.39 is 5.60 Å². The van der Waals surface area contributed by atoms with E-state index in [1.165, 1.54) is 16.7 Å². The molecule has 2 fully saturated rings. The van der Waals surface area contributed by atoms with Gasteiger partial charge in [-0.05, 0) is 59.9 Å². The van der Waals surface area contributed by atoms with Gasteiger partial charge in [-0.25, -0.2) is 0 Å². The van der Waals surface area contributed by atoms with E-state index in [-0.39, 0.29) is 11.3 Å². The number of rotatable bonds is 5. The van der Waals surface area contributed by atoms with Crippen molar-refractivity contribution in [2.75, 3.05) is 19.6 Å². The molecule has 2 aliphatic carbocycles. The summed E-state index contributed by atoms with van der Waals surface area (Å²) < 4.78 is 0. The predicted octanol–water partition coefficient (Wildman–Crippen LogP) is 2.91. The number of piperidine rings is 1. The Labute approximate surface area is 172 Å². The van der Waals surface area contributed by atoms with E-state index >= 15 is 0 Å². The first kappa shape index (κ1) is 18.8. The number of β-amino-alcohol motifs (C(OH)–C–C–N with tert-alkyl or cyclic N) is 1. The molecule has 1 heterocycles. The maximum absolute atomic E-state index is 11.4. The van der Waals surface area contributed by atoms with Crippen LogP contribution < -0.4 is 5.73 Å². The quantitative estimate of drug-likeness (QED) is 0.825. The number of benzene rings is 2. The van der Waals surface area contributed by atoms with Crippen LogP contribution in [0.2, 0.25) is 0 Å². The summed E-state index contributed by atoms with van der Waals surface area (Å²) in [5.41, 5.74) is 9.63. The number of fused-ring (bicyclic) bond motifs is 2. The van der Waals surface area contributed by atoms with Crippen molar-refractivity contribution in [1.29, 1.82) is 0 Å². The van der Waals surface area contributed by atoms with Crippen molar-refractivity contribution >= 4 is 5.91 Å². The summed E-state index contributed by atoms with van der Waals surface area (Å²) in [6.45, 7) is 5.16. The number of amides is 1. The van der Waals surface area contributed by atoms with E-state index in [1.807, 2.05) is 12.1 Å². The lowest BCUT2D eigenvalue weighted by molar-refractivity contribution is -0.00666. The molecule has 1 aliphatic heterocycles. The van der Waals surface area contributed by atoms with Gasteiger partial charge in [-0.15, -0.1) is 0 Å². The average Bonchev–Trinajstić information content (AvgIpc) is 3.11. The molecule has 152 valence electrons. The fraction of sp³-hybridized carbons (Fsp3) is 0.480. The topological polar surface area (TPSA) is 66.6 Å². The number of nitrogens with two attached hydrogens (primary N) is 1. The highest BCUT2D eigenvalue weighted by molar-refractivity contribution is 5.92. The van der Waals surface area contributed by atoms with Crippen molar-refractivity contribution in [3.05, 3.63) is 70.8 Å². The smallest absolute Gasteiger partial charge is 0.248 e. The molecule has 1 saturated carbocycles. The van der Waals surface area contributed by atoms with Crippen LogP contribution in [0.1, 0.15) is 46.8 Å². The molecule has 0 bridgehead atoms. The molecule has 5 rings (SSSR count). The molecule has 3 N–H and O–H groups in total. The first-order chi connectivity index (χ1) is 13.9. The second kappa shape index (κ2) is 6.68. The zero-order valence-electron chi connectivity index (χ0n) is 17.1. The van der Waals surface area contributed by atoms with Crippen LogP contribution in [0.25, 0.3) is 0 Å². The molecule has 3 atom stereocenters. The van der Waals surface area contributed by atoms with Gasteiger partial charge in [0.25, 0.3) is 0 Å². The van der Waals surface area contributed by atoms with Gasteiger partial charge < -0.3 is 10.8 Å². The Morgan fingerprint density at radius 3 is 2.38 bits per heavy atom. The van der Waals surface area contributed by atoms with E-state index in [0.29, 0.717) is 17.4 Å². The molecule has 3 unspecified atom stereocenters. The van der Waals surface area contributed by atoms with Gasteiger partial charge in [0.2, 0.25) is 5.91 Å². The van der Waals surface area contributed by atoms with Gasteiger partial charge in [-0.1, -0.05) is 43.3 Å². The lowest BCUT2D eigenvalue weighted by atomic mass is 9.80. The number of primary amides is 1. The third-order valence-corrected chi connectivity index (χ3v) is 7.92. The third kappa shape index (κ3) is 3.01. The van der Waals surface area contributed by atoms with Gasteiger partial charge in [-0.3, -0.25) is 9.69 Å². The highest BCUT2D eigenvalue weighted by Crippen LogP contribution is 2.65. The molecular weight excluding hydrogens is 360 g/mol. The number of hydrogen-bond donors (Lipinski definition) is 2. The molecule has 29 heavy (non-hydrogen) atoms. The minimum absolute atomic E-state index is 0.231. The summed E-state index contributed by atoms with van der Waals surface area (Å²) in [4.78, 5) is 13.9. The summed E-state index contributed by atoms with van der Waals surface area (Å²) >= 11 is 0. The maximum Gasteiger partial charge on any atom is 0.248 e. The molecule has 3 aliphatic rings. The fourth-order valence-electron chi connectivity index (χ4n) is 6.38. The van der Waals surface area contributed by atoms with Crippen LogP contribution in [0, 0.1) is 11.8 Å². The van der Waals surface area contributed by atoms with Gasteiger partial charge in [0.15, 0.2) is 0 Å². The van der Waals surface area contributed by atoms with Crippen LogP contribution in [0.4, 0.5) is 0 Å². The molecule has 0 aromatic heterocycles. The Bertz CT molecular complexity index is 926. The number of hydrogen-bond acceptors (Lipinski definition) is 3. The Kier molecular flexibility index (Phi) is 4.34. The second-order valence-corrected chi connectivity index (χ2v) is 9.41. The van der Waals surface area contributed by atoms with Crippen LogP contribution >= 0.6 is 0 Å². The Morgan fingerprint density at radius 2 is 1.76 bits per heavy atom. The zero-order valence-corrected chi connectivity index (χ0v) is 17.1. The van der Waals surface area contributed by atoms with Gasteiger partial charge in [0, 0.05) is 37.0 Å². The monoisotopic (exact) mass is 390 g/mol. The third-order valence-electron chi connectivity index (χ3n) is 7.92. The molecule has 2 aromatic carbocycles. The SMILES string of the molecule is CCC1(c2ccc(C(N)=O)cc2)C2CN(CC3(O)CCc4ccccc4C3)CC21. The molecule has 1 saturated heterocycles. The number of aliphatic hydroxyl groups is 1. The van der Waals surface area contributed by atoms with Crippen molar-refractivity contribution in [3.8, 4) is 0 Å². The van der Waals surface area contributed by atoms with E-state index in [4.69, 9.17) is 5.73 Å². The van der Waals surface area contributed by atoms with Gasteiger partial charge in [0.1, 0.15) is 0 Å². The van der Waals surface area contributed by atoms with Crippen molar-refractivity contribution in [3.63, 3.8) is 0 Å². The Balaban J connectivity index is 1.26. The van der Waals surface area contributed by atoms with Crippen LogP contribution in [0.15, 0.2) is 48.5 Å². The summed E-state index contributed by atoms with van der Waals surface area (Å²) in [6, 6.07) is 16.5. The van der Waals surface area contributed by atoms with Gasteiger partial charge in [-0.2, -0.15) is 0 Å². The van der Waals surface area contributed by atoms with Gasteiger partial charge >= 0.3 is 0 Å². The highest BCUT2D eigenvalue weighted by Gasteiger charge is 2.67. The molecule has 0 spiro atoms. The first-order valence-corrected chi connectivity index (χ1v) is 10.9. The van der Waals surface area contributed by atoms with Crippen LogP contribution in [0.3, 0.4) is 0 Å². The highest BCUT2D eigenvalue weighted by atomic mass is 16.3. The average molecular weight is 391 g/mol. The first-order valence-electron chi connectivity index (χ1n) is 10.9. The summed E-state index contributed by atoms with van der Waals surface area (Å²) in [5.74, 6) is 0.921. The minimum Gasteiger partial charge on any atom is -0.388 e. The van der Waals surface area contributed by atoms with Crippen LogP contribution in [0.5, 0.6) is 0 Å². The minimum atomic E-state index is -0.608. The maximum atomic E-state index is 11.4. The largest absolute Gasteiger partial charge is 0.388 e. The molecule has 4 heteroatoms. The lowest BCUT2D eigenvalue weighted by Gasteiger charge is -2.38. The molecule has 1 amide bonds. The predicted molar refractivity (Wildman–Crippen MR) is 114 cm³/mol. The summed E-state index contributed by atoms with van der Waals surface area (Å²) in [6.07, 6.45) is 3.70. The number of carbonyl (C=O) groups excluding carboxylic acids is 1. The summed E-state index contributed by atoms with van der Waals surface area (Å²) in [5, 5.41) is 11.3. The van der Waals surface area contributed by atoms with Crippen LogP contribution in [-0.4, -0.2) is 41.1 Å². The standard InChI is InChI=1S/C25H30N2O2/c1-2-25(20-9-7-18(8-10-20)23(26)28)21-14-27(15-22(21)25)16-24(29)12-11-17-5-3-4-6-19(17)13-24/h3-10,21-22,29H,2,11-16H2,1H3,(H2,26,28). The van der Waals surface area contributed by atoms with E-state index in [0.717, 1.165) is 45.3 Å². The molecule has 2 aromatic rings. The molecule has 0 radical (unpaired) electrons. The van der Waals surface area contributed by atoms with E-state index in [9.17, 15) is 9.90 Å². The van der Waals surface area contributed by atoms with Crippen molar-refractivity contribution in [1.82, 2.24) is 4.90 Å². The van der Waals surface area contributed by atoms with Gasteiger partial charge in [0.05, 0.1) is 5.60 Å².